The maximum atomic E-state index is 12.5. The average molecular weight is 309 g/mol. The fourth-order valence-corrected chi connectivity index (χ4v) is 3.39. The van der Waals surface area contributed by atoms with Gasteiger partial charge in [-0.15, -0.1) is 11.6 Å². The summed E-state index contributed by atoms with van der Waals surface area (Å²) < 4.78 is 5.39. The second kappa shape index (κ2) is 6.77. The Morgan fingerprint density at radius 2 is 1.90 bits per heavy atom. The van der Waals surface area contributed by atoms with E-state index in [2.05, 4.69) is 4.90 Å². The zero-order valence-corrected chi connectivity index (χ0v) is 12.8. The van der Waals surface area contributed by atoms with Crippen LogP contribution in [0.5, 0.6) is 0 Å². The SMILES string of the molecule is O=C(C(Cl)c1ccccc1)N1CCC(N2CCOCC2)C1. The van der Waals surface area contributed by atoms with Gasteiger partial charge in [0.2, 0.25) is 5.91 Å². The van der Waals surface area contributed by atoms with Crippen molar-refractivity contribution in [1.82, 2.24) is 9.80 Å². The molecule has 4 nitrogen and oxygen atoms in total. The number of ether oxygens (including phenoxy) is 1. The number of amides is 1. The zero-order valence-electron chi connectivity index (χ0n) is 12.1. The van der Waals surface area contributed by atoms with Gasteiger partial charge in [-0.25, -0.2) is 0 Å². The number of hydrogen-bond donors (Lipinski definition) is 0. The van der Waals surface area contributed by atoms with Crippen LogP contribution in [0.2, 0.25) is 0 Å². The lowest BCUT2D eigenvalue weighted by Gasteiger charge is -2.32. The molecular weight excluding hydrogens is 288 g/mol. The second-order valence-corrected chi connectivity index (χ2v) is 6.08. The van der Waals surface area contributed by atoms with Crippen molar-refractivity contribution in [3.63, 3.8) is 0 Å². The van der Waals surface area contributed by atoms with Gasteiger partial charge in [0.25, 0.3) is 0 Å². The minimum absolute atomic E-state index is 0.0265. The van der Waals surface area contributed by atoms with E-state index in [1.165, 1.54) is 0 Å². The first-order valence-corrected chi connectivity index (χ1v) is 7.99. The zero-order chi connectivity index (χ0) is 14.7. The van der Waals surface area contributed by atoms with Crippen molar-refractivity contribution >= 4 is 17.5 Å². The van der Waals surface area contributed by atoms with E-state index < -0.39 is 5.38 Å². The first-order chi connectivity index (χ1) is 10.3. The predicted octanol–water partition coefficient (Wildman–Crippen LogP) is 1.90. The Hall–Kier alpha value is -1.10. The van der Waals surface area contributed by atoms with Gasteiger partial charge in [0, 0.05) is 32.2 Å². The van der Waals surface area contributed by atoms with Gasteiger partial charge in [0.15, 0.2) is 0 Å². The van der Waals surface area contributed by atoms with Gasteiger partial charge in [0.05, 0.1) is 13.2 Å². The Balaban J connectivity index is 1.59. The highest BCUT2D eigenvalue weighted by Gasteiger charge is 2.33. The molecule has 0 radical (unpaired) electrons. The number of carbonyl (C=O) groups is 1. The summed E-state index contributed by atoms with van der Waals surface area (Å²) in [6.07, 6.45) is 1.03. The van der Waals surface area contributed by atoms with Gasteiger partial charge in [-0.1, -0.05) is 30.3 Å². The van der Waals surface area contributed by atoms with Crippen LogP contribution in [0.4, 0.5) is 0 Å². The van der Waals surface area contributed by atoms with Crippen LogP contribution >= 0.6 is 11.6 Å². The third kappa shape index (κ3) is 3.39. The molecule has 2 saturated heterocycles. The number of benzene rings is 1. The molecule has 2 aliphatic heterocycles. The van der Waals surface area contributed by atoms with E-state index >= 15 is 0 Å². The van der Waals surface area contributed by atoms with Crippen molar-refractivity contribution in [2.45, 2.75) is 17.8 Å². The molecule has 2 atom stereocenters. The molecule has 3 rings (SSSR count). The van der Waals surface area contributed by atoms with Crippen LogP contribution in [0.25, 0.3) is 0 Å². The maximum Gasteiger partial charge on any atom is 0.245 e. The van der Waals surface area contributed by atoms with E-state index in [-0.39, 0.29) is 5.91 Å². The predicted molar refractivity (Wildman–Crippen MR) is 82.4 cm³/mol. The summed E-state index contributed by atoms with van der Waals surface area (Å²) in [5.74, 6) is 0.0265. The highest BCUT2D eigenvalue weighted by molar-refractivity contribution is 6.30. The summed E-state index contributed by atoms with van der Waals surface area (Å²) in [5.41, 5.74) is 0.874. The summed E-state index contributed by atoms with van der Waals surface area (Å²) in [6, 6.07) is 10.0. The molecule has 0 saturated carbocycles. The van der Waals surface area contributed by atoms with Crippen molar-refractivity contribution < 1.29 is 9.53 Å². The molecule has 0 N–H and O–H groups in total. The van der Waals surface area contributed by atoms with Crippen LogP contribution in [0.15, 0.2) is 30.3 Å². The molecular formula is C16H21ClN2O2. The number of likely N-dealkylation sites (tertiary alicyclic amines) is 1. The third-order valence-corrected chi connectivity index (χ3v) is 4.78. The number of carbonyl (C=O) groups excluding carboxylic acids is 1. The van der Waals surface area contributed by atoms with E-state index in [1.807, 2.05) is 35.2 Å². The third-order valence-electron chi connectivity index (χ3n) is 4.35. The van der Waals surface area contributed by atoms with Gasteiger partial charge >= 0.3 is 0 Å². The van der Waals surface area contributed by atoms with E-state index in [0.29, 0.717) is 6.04 Å². The maximum absolute atomic E-state index is 12.5. The molecule has 114 valence electrons. The van der Waals surface area contributed by atoms with Crippen LogP contribution in [-0.4, -0.2) is 61.1 Å². The number of hydrogen-bond acceptors (Lipinski definition) is 3. The lowest BCUT2D eigenvalue weighted by molar-refractivity contribution is -0.130. The van der Waals surface area contributed by atoms with Gasteiger partial charge in [-0.05, 0) is 12.0 Å². The van der Waals surface area contributed by atoms with Gasteiger partial charge in [0.1, 0.15) is 5.38 Å². The molecule has 1 aromatic carbocycles. The molecule has 5 heteroatoms. The van der Waals surface area contributed by atoms with Crippen LogP contribution in [-0.2, 0) is 9.53 Å². The Morgan fingerprint density at radius 1 is 1.19 bits per heavy atom. The van der Waals surface area contributed by atoms with Crippen molar-refractivity contribution in [2.24, 2.45) is 0 Å². The largest absolute Gasteiger partial charge is 0.379 e. The molecule has 2 unspecified atom stereocenters. The Labute approximate surface area is 130 Å². The number of morpholine rings is 1. The number of alkyl halides is 1. The molecule has 2 heterocycles. The molecule has 0 aromatic heterocycles. The lowest BCUT2D eigenvalue weighted by Crippen LogP contribution is -2.45. The Bertz CT molecular complexity index is 476. The minimum Gasteiger partial charge on any atom is -0.379 e. The highest BCUT2D eigenvalue weighted by atomic mass is 35.5. The van der Waals surface area contributed by atoms with E-state index in [4.69, 9.17) is 16.3 Å². The normalized spacial score (nSPS) is 25.0. The van der Waals surface area contributed by atoms with Gasteiger partial charge in [-0.3, -0.25) is 9.69 Å². The van der Waals surface area contributed by atoms with Gasteiger partial charge in [-0.2, -0.15) is 0 Å². The van der Waals surface area contributed by atoms with Crippen LogP contribution in [0, 0.1) is 0 Å². The molecule has 21 heavy (non-hydrogen) atoms. The molecule has 0 bridgehead atoms. The van der Waals surface area contributed by atoms with Crippen molar-refractivity contribution in [2.75, 3.05) is 39.4 Å². The summed E-state index contributed by atoms with van der Waals surface area (Å²) in [4.78, 5) is 16.9. The van der Waals surface area contributed by atoms with Crippen LogP contribution in [0.1, 0.15) is 17.4 Å². The minimum atomic E-state index is -0.574. The summed E-state index contributed by atoms with van der Waals surface area (Å²) >= 11 is 6.35. The summed E-state index contributed by atoms with van der Waals surface area (Å²) in [7, 11) is 0. The molecule has 1 amide bonds. The number of halogens is 1. The molecule has 2 aliphatic rings. The number of nitrogens with zero attached hydrogens (tertiary/aromatic N) is 2. The Kier molecular flexibility index (Phi) is 4.78. The molecule has 1 aromatic rings. The summed E-state index contributed by atoms with van der Waals surface area (Å²) in [6.45, 7) is 5.12. The lowest BCUT2D eigenvalue weighted by atomic mass is 10.1. The first kappa shape index (κ1) is 14.8. The fourth-order valence-electron chi connectivity index (χ4n) is 3.11. The summed E-state index contributed by atoms with van der Waals surface area (Å²) in [5, 5.41) is -0.574. The van der Waals surface area contributed by atoms with E-state index in [9.17, 15) is 4.79 Å². The second-order valence-electron chi connectivity index (χ2n) is 5.65. The number of rotatable bonds is 3. The van der Waals surface area contributed by atoms with Crippen LogP contribution in [0.3, 0.4) is 0 Å². The molecule has 0 aliphatic carbocycles. The standard InChI is InChI=1S/C16H21ClN2O2/c17-15(13-4-2-1-3-5-13)16(20)19-7-6-14(12-19)18-8-10-21-11-9-18/h1-5,14-15H,6-12H2. The first-order valence-electron chi connectivity index (χ1n) is 7.55. The van der Waals surface area contributed by atoms with Crippen molar-refractivity contribution in [3.05, 3.63) is 35.9 Å². The highest BCUT2D eigenvalue weighted by Crippen LogP contribution is 2.26. The topological polar surface area (TPSA) is 32.8 Å². The quantitative estimate of drug-likeness (QED) is 0.800. The smallest absolute Gasteiger partial charge is 0.245 e. The van der Waals surface area contributed by atoms with E-state index in [0.717, 1.165) is 51.4 Å². The van der Waals surface area contributed by atoms with Gasteiger partial charge < -0.3 is 9.64 Å². The molecule has 2 fully saturated rings. The van der Waals surface area contributed by atoms with Crippen molar-refractivity contribution in [3.8, 4) is 0 Å². The van der Waals surface area contributed by atoms with Crippen molar-refractivity contribution in [1.29, 1.82) is 0 Å². The molecule has 0 spiro atoms. The van der Waals surface area contributed by atoms with Crippen LogP contribution < -0.4 is 0 Å². The monoisotopic (exact) mass is 308 g/mol. The Morgan fingerprint density at radius 3 is 2.62 bits per heavy atom. The fraction of sp³-hybridized carbons (Fsp3) is 0.562. The average Bonchev–Trinajstić information content (AvgIpc) is 3.05. The van der Waals surface area contributed by atoms with E-state index in [1.54, 1.807) is 0 Å².